The van der Waals surface area contributed by atoms with Crippen molar-refractivity contribution in [2.45, 2.75) is 30.6 Å². The van der Waals surface area contributed by atoms with E-state index < -0.39 is 27.4 Å². The number of rotatable bonds is 3. The van der Waals surface area contributed by atoms with Crippen molar-refractivity contribution in [3.8, 4) is 17.0 Å². The van der Waals surface area contributed by atoms with Crippen LogP contribution in [0.25, 0.3) is 11.3 Å². The van der Waals surface area contributed by atoms with E-state index in [4.69, 9.17) is 7.80 Å². The van der Waals surface area contributed by atoms with Crippen LogP contribution in [-0.2, 0) is 3.07 Å². The van der Waals surface area contributed by atoms with Crippen molar-refractivity contribution < 1.29 is 38.6 Å². The van der Waals surface area contributed by atoms with Crippen LogP contribution in [0.1, 0.15) is 46.7 Å². The molecular formula is C27H30FIN5O3-. The summed E-state index contributed by atoms with van der Waals surface area (Å²) >= 11 is -0.707. The second-order valence-corrected chi connectivity index (χ2v) is 11.7. The number of carbonyl (C=O) groups excluding carboxylic acids is 1. The van der Waals surface area contributed by atoms with E-state index in [0.717, 1.165) is 42.0 Å². The second kappa shape index (κ2) is 11.1. The second-order valence-electron chi connectivity index (χ2n) is 9.10. The topological polar surface area (TPSA) is 100 Å². The molecule has 10 heteroatoms. The SMILES string of the molecule is COc1c(F)cccc1Nc1c2[nH]c3c1C(=O)NCC3[I-]OCC/C(C)=C(/C)CCNc1cnccc1-2. The Bertz CT molecular complexity index is 1360. The fraction of sp³-hybridized carbons (Fsp3) is 0.333. The summed E-state index contributed by atoms with van der Waals surface area (Å²) in [6.07, 6.45) is 5.30. The number of ether oxygens (including phenoxy) is 1. The third-order valence-corrected chi connectivity index (χ3v) is 9.28. The van der Waals surface area contributed by atoms with Crippen molar-refractivity contribution >= 4 is 23.0 Å². The Morgan fingerprint density at radius 3 is 2.86 bits per heavy atom. The number of H-pyrrole nitrogens is 1. The number of anilines is 3. The number of methoxy groups -OCH3 is 1. The molecule has 0 spiro atoms. The number of nitrogens with one attached hydrogen (secondary N) is 4. The van der Waals surface area contributed by atoms with Gasteiger partial charge in [-0.1, -0.05) is 0 Å². The molecule has 37 heavy (non-hydrogen) atoms. The number of hydrogen-bond donors (Lipinski definition) is 4. The molecule has 0 saturated carbocycles. The molecule has 1 unspecified atom stereocenters. The Morgan fingerprint density at radius 2 is 2.03 bits per heavy atom. The van der Waals surface area contributed by atoms with E-state index in [0.29, 0.717) is 30.1 Å². The molecule has 1 aromatic carbocycles. The van der Waals surface area contributed by atoms with Gasteiger partial charge in [0.25, 0.3) is 0 Å². The van der Waals surface area contributed by atoms with Gasteiger partial charge in [0, 0.05) is 0 Å². The van der Waals surface area contributed by atoms with Gasteiger partial charge in [0.05, 0.1) is 0 Å². The van der Waals surface area contributed by atoms with Gasteiger partial charge in [0.1, 0.15) is 0 Å². The number of aromatic amines is 1. The Balaban J connectivity index is 1.67. The zero-order valence-electron chi connectivity index (χ0n) is 21.0. The third-order valence-electron chi connectivity index (χ3n) is 6.80. The molecule has 2 bridgehead atoms. The standard InChI is InChI=1S/C27H30FIN5O3/c1-15-7-11-31-21-14-30-10-8-17(21)23-25(33-20-6-4-5-18(28)26(20)36-3)22-24(34-23)19(13-32-27(22)35)29-37-12-9-16(15)2/h4-6,8,10,14,19,31,33-34H,7,9,11-13H2,1-3H3,(H,32,35)/q-1/b16-15-. The number of aromatic nitrogens is 2. The molecule has 1 amide bonds. The molecule has 5 rings (SSSR count). The van der Waals surface area contributed by atoms with Gasteiger partial charge >= 0.3 is 227 Å². The van der Waals surface area contributed by atoms with Crippen LogP contribution in [-0.4, -0.2) is 42.7 Å². The van der Waals surface area contributed by atoms with Crippen LogP contribution in [0.3, 0.4) is 0 Å². The van der Waals surface area contributed by atoms with Gasteiger partial charge in [0.2, 0.25) is 0 Å². The molecule has 3 aromatic rings. The number of amides is 1. The molecular weight excluding hydrogens is 588 g/mol. The predicted molar refractivity (Wildman–Crippen MR) is 137 cm³/mol. The first-order valence-electron chi connectivity index (χ1n) is 12.2. The van der Waals surface area contributed by atoms with E-state index in [1.165, 1.54) is 24.3 Å². The third kappa shape index (κ3) is 5.17. The van der Waals surface area contributed by atoms with Crippen molar-refractivity contribution in [1.29, 1.82) is 0 Å². The van der Waals surface area contributed by atoms with Crippen LogP contribution in [0.5, 0.6) is 5.75 Å². The Morgan fingerprint density at radius 1 is 1.19 bits per heavy atom. The van der Waals surface area contributed by atoms with Gasteiger partial charge in [0.15, 0.2) is 0 Å². The Labute approximate surface area is 226 Å². The molecule has 2 aliphatic rings. The molecule has 196 valence electrons. The quantitative estimate of drug-likeness (QED) is 0.205. The van der Waals surface area contributed by atoms with Crippen LogP contribution in [0.4, 0.5) is 21.5 Å². The summed E-state index contributed by atoms with van der Waals surface area (Å²) in [5, 5.41) is 9.88. The molecule has 4 N–H and O–H groups in total. The van der Waals surface area contributed by atoms with E-state index in [-0.39, 0.29) is 15.6 Å². The summed E-state index contributed by atoms with van der Waals surface area (Å²) < 4.78 is 26.1. The van der Waals surface area contributed by atoms with Crippen LogP contribution in [0.15, 0.2) is 47.8 Å². The average Bonchev–Trinajstić information content (AvgIpc) is 3.27. The van der Waals surface area contributed by atoms with Crippen molar-refractivity contribution in [2.75, 3.05) is 37.4 Å². The number of carbonyl (C=O) groups is 1. The molecule has 0 aliphatic carbocycles. The Kier molecular flexibility index (Phi) is 7.65. The first kappa shape index (κ1) is 25.5. The van der Waals surface area contributed by atoms with Gasteiger partial charge < -0.3 is 0 Å². The maximum atomic E-state index is 14.5. The summed E-state index contributed by atoms with van der Waals surface area (Å²) in [7, 11) is 1.43. The first-order chi connectivity index (χ1) is 18.0. The van der Waals surface area contributed by atoms with Crippen molar-refractivity contribution in [2.24, 2.45) is 0 Å². The minimum absolute atomic E-state index is 0.0453. The minimum atomic E-state index is -0.707. The first-order valence-corrected chi connectivity index (χ1v) is 14.3. The molecule has 2 aliphatic heterocycles. The summed E-state index contributed by atoms with van der Waals surface area (Å²) in [5.74, 6) is -0.589. The van der Waals surface area contributed by atoms with Crippen LogP contribution < -0.4 is 42.3 Å². The summed E-state index contributed by atoms with van der Waals surface area (Å²) in [6, 6.07) is 6.60. The van der Waals surface area contributed by atoms with Gasteiger partial charge in [-0.3, -0.25) is 0 Å². The fourth-order valence-corrected chi connectivity index (χ4v) is 6.62. The molecule has 0 radical (unpaired) electrons. The zero-order chi connectivity index (χ0) is 25.9. The van der Waals surface area contributed by atoms with E-state index in [9.17, 15) is 9.18 Å². The van der Waals surface area contributed by atoms with Crippen molar-refractivity contribution in [3.05, 3.63) is 64.9 Å². The van der Waals surface area contributed by atoms with Gasteiger partial charge in [-0.15, -0.1) is 0 Å². The molecule has 0 saturated heterocycles. The van der Waals surface area contributed by atoms with E-state index in [1.54, 1.807) is 24.5 Å². The molecule has 4 heterocycles. The molecule has 1 atom stereocenters. The predicted octanol–water partition coefficient (Wildman–Crippen LogP) is 2.32. The average molecular weight is 618 g/mol. The van der Waals surface area contributed by atoms with Crippen molar-refractivity contribution in [1.82, 2.24) is 15.3 Å². The number of para-hydroxylation sites is 1. The zero-order valence-corrected chi connectivity index (χ0v) is 23.2. The van der Waals surface area contributed by atoms with E-state index >= 15 is 0 Å². The fourth-order valence-electron chi connectivity index (χ4n) is 4.59. The molecule has 2 aromatic heterocycles. The van der Waals surface area contributed by atoms with Crippen LogP contribution in [0.2, 0.25) is 0 Å². The summed E-state index contributed by atoms with van der Waals surface area (Å²) in [5.41, 5.74) is 7.49. The van der Waals surface area contributed by atoms with E-state index in [2.05, 4.69) is 39.8 Å². The van der Waals surface area contributed by atoms with Crippen LogP contribution in [0, 0.1) is 5.82 Å². The maximum absolute atomic E-state index is 14.5. The summed E-state index contributed by atoms with van der Waals surface area (Å²) in [4.78, 5) is 21.1. The number of hydrogen-bond acceptors (Lipinski definition) is 6. The number of benzene rings is 1. The number of fused-ring (bicyclic) bond motifs is 3. The Hall–Kier alpha value is -3.12. The van der Waals surface area contributed by atoms with Crippen molar-refractivity contribution in [3.63, 3.8) is 0 Å². The summed E-state index contributed by atoms with van der Waals surface area (Å²) in [6.45, 7) is 6.24. The number of nitrogens with zero attached hydrogens (tertiary/aromatic N) is 1. The molecule has 0 fully saturated rings. The monoisotopic (exact) mass is 618 g/mol. The van der Waals surface area contributed by atoms with Crippen LogP contribution >= 0.6 is 0 Å². The normalized spacial score (nSPS) is 20.3. The van der Waals surface area contributed by atoms with Gasteiger partial charge in [-0.05, 0) is 0 Å². The van der Waals surface area contributed by atoms with Gasteiger partial charge in [-0.25, -0.2) is 0 Å². The molecule has 8 nitrogen and oxygen atoms in total. The van der Waals surface area contributed by atoms with Gasteiger partial charge in [-0.2, -0.15) is 0 Å². The number of halogens is 2. The van der Waals surface area contributed by atoms with E-state index in [1.807, 2.05) is 6.07 Å². The number of alkyl halides is 1. The number of pyridine rings is 1.